The predicted octanol–water partition coefficient (Wildman–Crippen LogP) is 2.91. The van der Waals surface area contributed by atoms with E-state index in [0.717, 1.165) is 45.0 Å². The maximum atomic E-state index is 6.06. The molecular weight excluding hydrogens is 272 g/mol. The molecule has 3 nitrogen and oxygen atoms in total. The lowest BCUT2D eigenvalue weighted by molar-refractivity contribution is 0.123. The second kappa shape index (κ2) is 7.67. The van der Waals surface area contributed by atoms with E-state index in [1.807, 2.05) is 24.3 Å². The van der Waals surface area contributed by atoms with Crippen LogP contribution in [0.5, 0.6) is 5.75 Å². The summed E-state index contributed by atoms with van der Waals surface area (Å²) in [7, 11) is 0. The van der Waals surface area contributed by atoms with Crippen LogP contribution in [0.1, 0.15) is 6.92 Å². The molecule has 1 aliphatic heterocycles. The molecule has 1 heterocycles. The van der Waals surface area contributed by atoms with E-state index in [1.54, 1.807) is 0 Å². The first-order valence-electron chi connectivity index (χ1n) is 7.11. The Labute approximate surface area is 126 Å². The number of nitrogens with zero attached hydrogens (tertiary/aromatic N) is 2. The number of para-hydroxylation sites is 1. The first-order valence-corrected chi connectivity index (χ1v) is 7.49. The molecule has 0 aliphatic carbocycles. The molecule has 0 N–H and O–H groups in total. The highest BCUT2D eigenvalue weighted by Gasteiger charge is 2.16. The molecule has 110 valence electrons. The van der Waals surface area contributed by atoms with E-state index in [2.05, 4.69) is 23.3 Å². The number of piperazine rings is 1. The highest BCUT2D eigenvalue weighted by atomic mass is 35.5. The molecule has 0 unspecified atom stereocenters. The quantitative estimate of drug-likeness (QED) is 0.750. The molecule has 0 saturated carbocycles. The van der Waals surface area contributed by atoms with E-state index in [-0.39, 0.29) is 0 Å². The van der Waals surface area contributed by atoms with Gasteiger partial charge in [-0.15, -0.1) is 0 Å². The second-order valence-electron chi connectivity index (χ2n) is 5.35. The summed E-state index contributed by atoms with van der Waals surface area (Å²) < 4.78 is 5.73. The molecule has 0 atom stereocenters. The van der Waals surface area contributed by atoms with Gasteiger partial charge in [0.1, 0.15) is 12.4 Å². The monoisotopic (exact) mass is 294 g/mol. The Morgan fingerprint density at radius 3 is 2.50 bits per heavy atom. The maximum Gasteiger partial charge on any atom is 0.137 e. The molecule has 0 radical (unpaired) electrons. The smallest absolute Gasteiger partial charge is 0.137 e. The fourth-order valence-corrected chi connectivity index (χ4v) is 2.59. The summed E-state index contributed by atoms with van der Waals surface area (Å²) >= 11 is 6.06. The summed E-state index contributed by atoms with van der Waals surface area (Å²) in [6.45, 7) is 13.1. The van der Waals surface area contributed by atoms with Gasteiger partial charge in [-0.1, -0.05) is 35.9 Å². The minimum Gasteiger partial charge on any atom is -0.491 e. The third-order valence-corrected chi connectivity index (χ3v) is 3.77. The van der Waals surface area contributed by atoms with Crippen molar-refractivity contribution in [1.82, 2.24) is 9.80 Å². The standard InChI is InChI=1S/C16H23ClN2O/c1-14(2)13-19-9-7-18(8-10-19)11-12-20-16-6-4-3-5-15(16)17/h3-6H,1,7-13H2,2H3. The van der Waals surface area contributed by atoms with Crippen LogP contribution in [0.4, 0.5) is 0 Å². The molecule has 0 spiro atoms. The molecule has 4 heteroatoms. The van der Waals surface area contributed by atoms with Crippen LogP contribution in [0.25, 0.3) is 0 Å². The predicted molar refractivity (Wildman–Crippen MR) is 84.6 cm³/mol. The van der Waals surface area contributed by atoms with Gasteiger partial charge in [-0.25, -0.2) is 0 Å². The number of rotatable bonds is 6. The molecule has 0 bridgehead atoms. The fraction of sp³-hybridized carbons (Fsp3) is 0.500. The number of hydrogen-bond acceptors (Lipinski definition) is 3. The average molecular weight is 295 g/mol. The number of benzene rings is 1. The van der Waals surface area contributed by atoms with Crippen molar-refractivity contribution in [3.63, 3.8) is 0 Å². The Morgan fingerprint density at radius 2 is 1.85 bits per heavy atom. The zero-order chi connectivity index (χ0) is 14.4. The van der Waals surface area contributed by atoms with Gasteiger partial charge in [0.15, 0.2) is 0 Å². The Hall–Kier alpha value is -1.03. The van der Waals surface area contributed by atoms with E-state index < -0.39 is 0 Å². The summed E-state index contributed by atoms with van der Waals surface area (Å²) in [6.07, 6.45) is 0. The lowest BCUT2D eigenvalue weighted by Gasteiger charge is -2.34. The minimum atomic E-state index is 0.679. The van der Waals surface area contributed by atoms with Crippen LogP contribution in [-0.4, -0.2) is 55.7 Å². The molecule has 2 rings (SSSR count). The van der Waals surface area contributed by atoms with Gasteiger partial charge in [0.25, 0.3) is 0 Å². The molecule has 20 heavy (non-hydrogen) atoms. The van der Waals surface area contributed by atoms with Crippen molar-refractivity contribution >= 4 is 11.6 Å². The molecule has 0 amide bonds. The van der Waals surface area contributed by atoms with Crippen molar-refractivity contribution in [3.05, 3.63) is 41.4 Å². The van der Waals surface area contributed by atoms with Gasteiger partial charge < -0.3 is 4.74 Å². The molecule has 1 aromatic rings. The van der Waals surface area contributed by atoms with Crippen LogP contribution in [0, 0.1) is 0 Å². The van der Waals surface area contributed by atoms with Crippen molar-refractivity contribution < 1.29 is 4.74 Å². The van der Waals surface area contributed by atoms with Crippen LogP contribution in [0.15, 0.2) is 36.4 Å². The van der Waals surface area contributed by atoms with Crippen LogP contribution in [0.3, 0.4) is 0 Å². The maximum absolute atomic E-state index is 6.06. The van der Waals surface area contributed by atoms with E-state index >= 15 is 0 Å². The topological polar surface area (TPSA) is 15.7 Å². The highest BCUT2D eigenvalue weighted by molar-refractivity contribution is 6.32. The molecule has 1 aromatic carbocycles. The normalized spacial score (nSPS) is 17.1. The van der Waals surface area contributed by atoms with Crippen LogP contribution < -0.4 is 4.74 Å². The third kappa shape index (κ3) is 4.82. The lowest BCUT2D eigenvalue weighted by Crippen LogP contribution is -2.47. The van der Waals surface area contributed by atoms with Gasteiger partial charge in [-0.2, -0.15) is 0 Å². The minimum absolute atomic E-state index is 0.679. The Balaban J connectivity index is 1.66. The van der Waals surface area contributed by atoms with Gasteiger partial charge in [-0.05, 0) is 19.1 Å². The zero-order valence-corrected chi connectivity index (χ0v) is 12.9. The van der Waals surface area contributed by atoms with E-state index in [4.69, 9.17) is 16.3 Å². The van der Waals surface area contributed by atoms with Crippen molar-refractivity contribution in [2.75, 3.05) is 45.9 Å². The Bertz CT molecular complexity index is 442. The molecule has 1 fully saturated rings. The zero-order valence-electron chi connectivity index (χ0n) is 12.1. The summed E-state index contributed by atoms with van der Waals surface area (Å²) in [4.78, 5) is 4.89. The lowest BCUT2D eigenvalue weighted by atomic mass is 10.2. The van der Waals surface area contributed by atoms with E-state index in [0.29, 0.717) is 11.6 Å². The summed E-state index contributed by atoms with van der Waals surface area (Å²) in [6, 6.07) is 7.62. The second-order valence-corrected chi connectivity index (χ2v) is 5.76. The van der Waals surface area contributed by atoms with Crippen LogP contribution in [-0.2, 0) is 0 Å². The van der Waals surface area contributed by atoms with E-state index in [9.17, 15) is 0 Å². The largest absolute Gasteiger partial charge is 0.491 e. The van der Waals surface area contributed by atoms with E-state index in [1.165, 1.54) is 5.57 Å². The highest BCUT2D eigenvalue weighted by Crippen LogP contribution is 2.22. The summed E-state index contributed by atoms with van der Waals surface area (Å²) in [5, 5.41) is 0.679. The summed E-state index contributed by atoms with van der Waals surface area (Å²) in [5.41, 5.74) is 1.24. The van der Waals surface area contributed by atoms with Gasteiger partial charge in [0, 0.05) is 39.3 Å². The first kappa shape index (κ1) is 15.4. The van der Waals surface area contributed by atoms with Gasteiger partial charge in [0.05, 0.1) is 5.02 Å². The number of halogens is 1. The SMILES string of the molecule is C=C(C)CN1CCN(CCOc2ccccc2Cl)CC1. The number of ether oxygens (including phenoxy) is 1. The fourth-order valence-electron chi connectivity index (χ4n) is 2.40. The van der Waals surface area contributed by atoms with Crippen molar-refractivity contribution in [2.24, 2.45) is 0 Å². The van der Waals surface area contributed by atoms with Gasteiger partial charge in [0.2, 0.25) is 0 Å². The van der Waals surface area contributed by atoms with Crippen molar-refractivity contribution in [2.45, 2.75) is 6.92 Å². The molecule has 0 aromatic heterocycles. The average Bonchev–Trinajstić information content (AvgIpc) is 2.42. The third-order valence-electron chi connectivity index (χ3n) is 3.46. The summed E-state index contributed by atoms with van der Waals surface area (Å²) in [5.74, 6) is 0.773. The van der Waals surface area contributed by atoms with Crippen molar-refractivity contribution in [1.29, 1.82) is 0 Å². The Morgan fingerprint density at radius 1 is 1.20 bits per heavy atom. The Kier molecular flexibility index (Phi) is 5.89. The van der Waals surface area contributed by atoms with Crippen LogP contribution >= 0.6 is 11.6 Å². The first-order chi connectivity index (χ1) is 9.65. The van der Waals surface area contributed by atoms with Gasteiger partial charge >= 0.3 is 0 Å². The molecular formula is C16H23ClN2O. The molecule has 1 saturated heterocycles. The molecule has 1 aliphatic rings. The number of hydrogen-bond donors (Lipinski definition) is 0. The van der Waals surface area contributed by atoms with Crippen molar-refractivity contribution in [3.8, 4) is 5.75 Å². The van der Waals surface area contributed by atoms with Gasteiger partial charge in [-0.3, -0.25) is 9.80 Å². The van der Waals surface area contributed by atoms with Crippen LogP contribution in [0.2, 0.25) is 5.02 Å².